The maximum atomic E-state index is 13.4. The van der Waals surface area contributed by atoms with Gasteiger partial charge in [0.05, 0.1) is 10.6 Å². The molecule has 0 unspecified atom stereocenters. The Morgan fingerprint density at radius 1 is 1.20 bits per heavy atom. The van der Waals surface area contributed by atoms with Crippen molar-refractivity contribution in [3.05, 3.63) is 34.6 Å². The normalized spacial score (nSPS) is 15.6. The molecule has 0 atom stereocenters. The lowest BCUT2D eigenvalue weighted by Gasteiger charge is -2.08. The Labute approximate surface area is 116 Å². The first-order chi connectivity index (χ1) is 9.34. The molecule has 1 aliphatic carbocycles. The average molecular weight is 302 g/mol. The summed E-state index contributed by atoms with van der Waals surface area (Å²) in [5.74, 6) is -0.595. The van der Waals surface area contributed by atoms with Crippen LogP contribution in [0.4, 0.5) is 22.6 Å². The van der Waals surface area contributed by atoms with Gasteiger partial charge in [-0.15, -0.1) is 11.3 Å². The molecule has 106 valence electrons. The lowest BCUT2D eigenvalue weighted by atomic mass is 10.1. The second kappa shape index (κ2) is 4.44. The van der Waals surface area contributed by atoms with Crippen molar-refractivity contribution in [2.24, 2.45) is 0 Å². The van der Waals surface area contributed by atoms with E-state index >= 15 is 0 Å². The van der Waals surface area contributed by atoms with Crippen LogP contribution in [0.1, 0.15) is 29.3 Å². The van der Waals surface area contributed by atoms with Crippen molar-refractivity contribution in [3.8, 4) is 11.3 Å². The summed E-state index contributed by atoms with van der Waals surface area (Å²) in [6.45, 7) is 0. The highest BCUT2D eigenvalue weighted by molar-refractivity contribution is 7.16. The number of nitrogen functional groups attached to an aromatic ring is 1. The molecule has 1 heterocycles. The van der Waals surface area contributed by atoms with E-state index in [9.17, 15) is 17.6 Å². The summed E-state index contributed by atoms with van der Waals surface area (Å²) in [4.78, 5) is 4.27. The third-order valence-electron chi connectivity index (χ3n) is 3.10. The Balaban J connectivity index is 2.07. The highest BCUT2D eigenvalue weighted by Crippen LogP contribution is 2.45. The SMILES string of the molecule is Nc1sc(C2CC2)nc1-c1cc(F)cc(C(F)(F)F)c1. The number of rotatable bonds is 2. The van der Waals surface area contributed by atoms with Gasteiger partial charge in [0.1, 0.15) is 16.5 Å². The van der Waals surface area contributed by atoms with Crippen LogP contribution in [0.25, 0.3) is 11.3 Å². The molecule has 1 saturated carbocycles. The smallest absolute Gasteiger partial charge is 0.389 e. The Hall–Kier alpha value is -1.63. The second-order valence-corrected chi connectivity index (χ2v) is 5.83. The minimum absolute atomic E-state index is 0.0676. The first-order valence-electron chi connectivity index (χ1n) is 5.99. The fourth-order valence-electron chi connectivity index (χ4n) is 1.95. The monoisotopic (exact) mass is 302 g/mol. The van der Waals surface area contributed by atoms with Crippen LogP contribution < -0.4 is 5.73 Å². The zero-order valence-electron chi connectivity index (χ0n) is 10.2. The van der Waals surface area contributed by atoms with Gasteiger partial charge in [-0.3, -0.25) is 0 Å². The van der Waals surface area contributed by atoms with E-state index in [-0.39, 0.29) is 11.3 Å². The van der Waals surface area contributed by atoms with E-state index in [4.69, 9.17) is 5.73 Å². The van der Waals surface area contributed by atoms with Crippen LogP contribution in [0.5, 0.6) is 0 Å². The molecule has 2 nitrogen and oxygen atoms in total. The molecule has 1 aliphatic rings. The number of nitrogens with zero attached hydrogens (tertiary/aromatic N) is 1. The van der Waals surface area contributed by atoms with Crippen LogP contribution in [-0.2, 0) is 6.18 Å². The van der Waals surface area contributed by atoms with Crippen LogP contribution in [0.3, 0.4) is 0 Å². The molecule has 20 heavy (non-hydrogen) atoms. The van der Waals surface area contributed by atoms with Gasteiger partial charge in [-0.05, 0) is 31.0 Å². The number of nitrogens with two attached hydrogens (primary N) is 1. The molecular weight excluding hydrogens is 292 g/mol. The van der Waals surface area contributed by atoms with Gasteiger partial charge in [-0.1, -0.05) is 0 Å². The van der Waals surface area contributed by atoms with Gasteiger partial charge in [-0.25, -0.2) is 9.37 Å². The van der Waals surface area contributed by atoms with Gasteiger partial charge in [0.2, 0.25) is 0 Å². The molecule has 0 spiro atoms. The van der Waals surface area contributed by atoms with Crippen molar-refractivity contribution in [3.63, 3.8) is 0 Å². The minimum Gasteiger partial charge on any atom is -0.389 e. The number of anilines is 1. The molecular formula is C13H10F4N2S. The van der Waals surface area contributed by atoms with Crippen LogP contribution >= 0.6 is 11.3 Å². The molecule has 0 aliphatic heterocycles. The summed E-state index contributed by atoms with van der Waals surface area (Å²) in [6, 6.07) is 2.37. The van der Waals surface area contributed by atoms with E-state index in [0.717, 1.165) is 30.0 Å². The standard InChI is InChI=1S/C13H10F4N2S/c14-9-4-7(3-8(5-9)13(15,16)17)10-11(18)20-12(19-10)6-1-2-6/h3-6H,1-2,18H2. The molecule has 1 fully saturated rings. The summed E-state index contributed by atoms with van der Waals surface area (Å²) in [7, 11) is 0. The van der Waals surface area contributed by atoms with Crippen molar-refractivity contribution in [2.45, 2.75) is 24.9 Å². The molecule has 0 bridgehead atoms. The number of benzene rings is 1. The van der Waals surface area contributed by atoms with E-state index in [1.54, 1.807) is 0 Å². The largest absolute Gasteiger partial charge is 0.416 e. The summed E-state index contributed by atoms with van der Waals surface area (Å²) in [5, 5.41) is 1.14. The van der Waals surface area contributed by atoms with E-state index in [2.05, 4.69) is 4.98 Å². The lowest BCUT2D eigenvalue weighted by Crippen LogP contribution is -2.05. The first-order valence-corrected chi connectivity index (χ1v) is 6.80. The van der Waals surface area contributed by atoms with Crippen LogP contribution in [0, 0.1) is 5.82 Å². The fourth-order valence-corrected chi connectivity index (χ4v) is 2.98. The van der Waals surface area contributed by atoms with Gasteiger partial charge in [0.25, 0.3) is 0 Å². The Bertz CT molecular complexity index is 659. The number of aromatic nitrogens is 1. The molecule has 1 aromatic heterocycles. The third-order valence-corrected chi connectivity index (χ3v) is 4.14. The third kappa shape index (κ3) is 2.49. The van der Waals surface area contributed by atoms with E-state index < -0.39 is 17.6 Å². The fraction of sp³-hybridized carbons (Fsp3) is 0.308. The van der Waals surface area contributed by atoms with Crippen LogP contribution in [-0.4, -0.2) is 4.98 Å². The molecule has 3 rings (SSSR count). The molecule has 1 aromatic carbocycles. The quantitative estimate of drug-likeness (QED) is 0.834. The number of hydrogen-bond donors (Lipinski definition) is 1. The van der Waals surface area contributed by atoms with Gasteiger partial charge in [0.15, 0.2) is 0 Å². The van der Waals surface area contributed by atoms with Gasteiger partial charge in [-0.2, -0.15) is 13.2 Å². The predicted molar refractivity (Wildman–Crippen MR) is 68.9 cm³/mol. The van der Waals surface area contributed by atoms with Gasteiger partial charge < -0.3 is 5.73 Å². The first kappa shape index (κ1) is 13.4. The van der Waals surface area contributed by atoms with Crippen LogP contribution in [0.2, 0.25) is 0 Å². The van der Waals surface area contributed by atoms with Crippen molar-refractivity contribution >= 4 is 16.3 Å². The zero-order chi connectivity index (χ0) is 14.5. The van der Waals surface area contributed by atoms with E-state index in [0.29, 0.717) is 17.0 Å². The van der Waals surface area contributed by atoms with E-state index in [1.165, 1.54) is 11.3 Å². The topological polar surface area (TPSA) is 38.9 Å². The van der Waals surface area contributed by atoms with Crippen molar-refractivity contribution < 1.29 is 17.6 Å². The Kier molecular flexibility index (Phi) is 2.97. The molecule has 2 N–H and O–H groups in total. The lowest BCUT2D eigenvalue weighted by molar-refractivity contribution is -0.137. The molecule has 0 saturated heterocycles. The van der Waals surface area contributed by atoms with Crippen LogP contribution in [0.15, 0.2) is 18.2 Å². The maximum absolute atomic E-state index is 13.4. The molecule has 7 heteroatoms. The van der Waals surface area contributed by atoms with Crippen molar-refractivity contribution in [1.29, 1.82) is 0 Å². The zero-order valence-corrected chi connectivity index (χ0v) is 11.0. The number of alkyl halides is 3. The highest BCUT2D eigenvalue weighted by atomic mass is 32.1. The Morgan fingerprint density at radius 3 is 2.50 bits per heavy atom. The maximum Gasteiger partial charge on any atom is 0.416 e. The number of thiazole rings is 1. The van der Waals surface area contributed by atoms with Crippen molar-refractivity contribution in [1.82, 2.24) is 4.98 Å². The summed E-state index contributed by atoms with van der Waals surface area (Å²) in [5.41, 5.74) is 5.07. The summed E-state index contributed by atoms with van der Waals surface area (Å²) >= 11 is 1.26. The predicted octanol–water partition coefficient (Wildman–Crippen LogP) is 4.43. The minimum atomic E-state index is -4.60. The Morgan fingerprint density at radius 2 is 1.90 bits per heavy atom. The van der Waals surface area contributed by atoms with E-state index in [1.807, 2.05) is 0 Å². The number of hydrogen-bond acceptors (Lipinski definition) is 3. The summed E-state index contributed by atoms with van der Waals surface area (Å²) < 4.78 is 51.5. The average Bonchev–Trinajstić information content (AvgIpc) is 3.11. The summed E-state index contributed by atoms with van der Waals surface area (Å²) in [6.07, 6.45) is -2.56. The van der Waals surface area contributed by atoms with Crippen molar-refractivity contribution in [2.75, 3.05) is 5.73 Å². The second-order valence-electron chi connectivity index (χ2n) is 4.77. The molecule has 2 aromatic rings. The van der Waals surface area contributed by atoms with Gasteiger partial charge >= 0.3 is 6.18 Å². The highest BCUT2D eigenvalue weighted by Gasteiger charge is 2.32. The molecule has 0 amide bonds. The number of halogens is 4. The molecule has 0 radical (unpaired) electrons. The van der Waals surface area contributed by atoms with Gasteiger partial charge in [0, 0.05) is 11.5 Å².